The van der Waals surface area contributed by atoms with Crippen molar-refractivity contribution in [3.8, 4) is 5.88 Å². The molecule has 1 aromatic carbocycles. The normalized spacial score (nSPS) is 10.0. The van der Waals surface area contributed by atoms with Crippen molar-refractivity contribution >= 4 is 11.6 Å². The highest BCUT2D eigenvalue weighted by Crippen LogP contribution is 2.12. The quantitative estimate of drug-likeness (QED) is 0.915. The molecule has 0 unspecified atom stereocenters. The molecule has 0 spiro atoms. The van der Waals surface area contributed by atoms with E-state index in [1.807, 2.05) is 24.3 Å². The van der Waals surface area contributed by atoms with Crippen LogP contribution in [-0.2, 0) is 6.42 Å². The number of hydrogen-bond donors (Lipinski definition) is 1. The number of nitrogens with zero attached hydrogens (tertiary/aromatic N) is 1. The van der Waals surface area contributed by atoms with Crippen molar-refractivity contribution < 1.29 is 9.53 Å². The molecule has 4 heteroatoms. The number of carbonyl (C=O) groups excluding carboxylic acids is 1. The number of pyridine rings is 1. The summed E-state index contributed by atoms with van der Waals surface area (Å²) >= 11 is 0. The molecular weight excluding hydrogens is 240 g/mol. The van der Waals surface area contributed by atoms with Crippen molar-refractivity contribution in [2.75, 3.05) is 12.4 Å². The number of rotatable bonds is 4. The minimum absolute atomic E-state index is 0.181. The van der Waals surface area contributed by atoms with Crippen LogP contribution in [0.3, 0.4) is 0 Å². The summed E-state index contributed by atoms with van der Waals surface area (Å²) in [6.07, 6.45) is 2.48. The fourth-order valence-corrected chi connectivity index (χ4v) is 1.66. The van der Waals surface area contributed by atoms with E-state index < -0.39 is 0 Å². The van der Waals surface area contributed by atoms with Crippen LogP contribution in [0.1, 0.15) is 22.8 Å². The molecule has 1 N–H and O–H groups in total. The molecule has 2 aromatic rings. The molecule has 0 aliphatic carbocycles. The van der Waals surface area contributed by atoms with Crippen LogP contribution in [0.5, 0.6) is 5.88 Å². The second-order valence-electron chi connectivity index (χ2n) is 4.09. The Morgan fingerprint density at radius 2 is 1.95 bits per heavy atom. The molecule has 0 aliphatic rings. The molecule has 1 heterocycles. The Kier molecular flexibility index (Phi) is 4.13. The van der Waals surface area contributed by atoms with Gasteiger partial charge in [-0.05, 0) is 30.2 Å². The minimum Gasteiger partial charge on any atom is -0.481 e. The van der Waals surface area contributed by atoms with E-state index in [4.69, 9.17) is 4.74 Å². The standard InChI is InChI=1S/C15H16N2O2/c1-3-11-4-7-13(8-5-11)17-15(18)12-6-9-14(19-2)16-10-12/h4-10H,3H2,1-2H3,(H,17,18). The summed E-state index contributed by atoms with van der Waals surface area (Å²) in [5.74, 6) is 0.309. The Morgan fingerprint density at radius 3 is 2.47 bits per heavy atom. The topological polar surface area (TPSA) is 51.2 Å². The molecule has 4 nitrogen and oxygen atoms in total. The van der Waals surface area contributed by atoms with Gasteiger partial charge in [0.2, 0.25) is 5.88 Å². The van der Waals surface area contributed by atoms with Gasteiger partial charge in [-0.2, -0.15) is 0 Å². The summed E-state index contributed by atoms with van der Waals surface area (Å²) in [7, 11) is 1.54. The lowest BCUT2D eigenvalue weighted by molar-refractivity contribution is 0.102. The van der Waals surface area contributed by atoms with E-state index in [1.165, 1.54) is 18.9 Å². The average Bonchev–Trinajstić information content (AvgIpc) is 2.48. The van der Waals surface area contributed by atoms with Crippen LogP contribution < -0.4 is 10.1 Å². The highest BCUT2D eigenvalue weighted by molar-refractivity contribution is 6.04. The van der Waals surface area contributed by atoms with Crippen molar-refractivity contribution in [1.29, 1.82) is 0 Å². The molecule has 0 bridgehead atoms. The molecule has 1 amide bonds. The van der Waals surface area contributed by atoms with Gasteiger partial charge in [0.05, 0.1) is 12.7 Å². The third-order valence-electron chi connectivity index (χ3n) is 2.83. The molecule has 0 fully saturated rings. The Bertz CT molecular complexity index is 547. The van der Waals surface area contributed by atoms with E-state index in [9.17, 15) is 4.79 Å². The van der Waals surface area contributed by atoms with Gasteiger partial charge in [0.25, 0.3) is 5.91 Å². The van der Waals surface area contributed by atoms with E-state index >= 15 is 0 Å². The van der Waals surface area contributed by atoms with Crippen LogP contribution in [0.4, 0.5) is 5.69 Å². The number of anilines is 1. The first-order valence-corrected chi connectivity index (χ1v) is 6.13. The van der Waals surface area contributed by atoms with E-state index in [2.05, 4.69) is 17.2 Å². The van der Waals surface area contributed by atoms with E-state index in [0.717, 1.165) is 12.1 Å². The van der Waals surface area contributed by atoms with Gasteiger partial charge < -0.3 is 10.1 Å². The summed E-state index contributed by atoms with van der Waals surface area (Å²) < 4.78 is 4.95. The fourth-order valence-electron chi connectivity index (χ4n) is 1.66. The molecule has 0 saturated carbocycles. The van der Waals surface area contributed by atoms with E-state index in [1.54, 1.807) is 12.1 Å². The molecule has 0 radical (unpaired) electrons. The smallest absolute Gasteiger partial charge is 0.257 e. The summed E-state index contributed by atoms with van der Waals surface area (Å²) in [5, 5.41) is 2.83. The van der Waals surface area contributed by atoms with Crippen LogP contribution in [0.25, 0.3) is 0 Å². The first-order valence-electron chi connectivity index (χ1n) is 6.13. The fraction of sp³-hybridized carbons (Fsp3) is 0.200. The molecule has 0 aliphatic heterocycles. The SMILES string of the molecule is CCc1ccc(NC(=O)c2ccc(OC)nc2)cc1. The third-order valence-corrected chi connectivity index (χ3v) is 2.83. The maximum Gasteiger partial charge on any atom is 0.257 e. The molecular formula is C15H16N2O2. The minimum atomic E-state index is -0.181. The molecule has 2 rings (SSSR count). The number of hydrogen-bond acceptors (Lipinski definition) is 3. The van der Waals surface area contributed by atoms with Crippen LogP contribution in [0.2, 0.25) is 0 Å². The number of nitrogens with one attached hydrogen (secondary N) is 1. The monoisotopic (exact) mass is 256 g/mol. The second kappa shape index (κ2) is 6.00. The number of methoxy groups -OCH3 is 1. The Balaban J connectivity index is 2.06. The van der Waals surface area contributed by atoms with Crippen LogP contribution in [-0.4, -0.2) is 18.0 Å². The van der Waals surface area contributed by atoms with Crippen molar-refractivity contribution in [3.63, 3.8) is 0 Å². The summed E-state index contributed by atoms with van der Waals surface area (Å²) in [6.45, 7) is 2.09. The van der Waals surface area contributed by atoms with Crippen molar-refractivity contribution in [3.05, 3.63) is 53.7 Å². The van der Waals surface area contributed by atoms with Gasteiger partial charge in [0.15, 0.2) is 0 Å². The zero-order valence-corrected chi connectivity index (χ0v) is 11.0. The Labute approximate surface area is 112 Å². The number of aryl methyl sites for hydroxylation is 1. The van der Waals surface area contributed by atoms with Gasteiger partial charge in [-0.1, -0.05) is 19.1 Å². The number of ether oxygens (including phenoxy) is 1. The largest absolute Gasteiger partial charge is 0.481 e. The van der Waals surface area contributed by atoms with Crippen molar-refractivity contribution in [2.24, 2.45) is 0 Å². The van der Waals surface area contributed by atoms with Crippen LogP contribution in [0.15, 0.2) is 42.6 Å². The second-order valence-corrected chi connectivity index (χ2v) is 4.09. The number of carbonyl (C=O) groups is 1. The van der Waals surface area contributed by atoms with Gasteiger partial charge in [-0.3, -0.25) is 4.79 Å². The molecule has 1 aromatic heterocycles. The maximum atomic E-state index is 12.0. The van der Waals surface area contributed by atoms with Crippen molar-refractivity contribution in [1.82, 2.24) is 4.98 Å². The number of amides is 1. The Hall–Kier alpha value is -2.36. The van der Waals surface area contributed by atoms with Crippen LogP contribution in [0, 0.1) is 0 Å². The molecule has 19 heavy (non-hydrogen) atoms. The lowest BCUT2D eigenvalue weighted by atomic mass is 10.1. The third kappa shape index (κ3) is 3.31. The highest BCUT2D eigenvalue weighted by atomic mass is 16.5. The Morgan fingerprint density at radius 1 is 1.21 bits per heavy atom. The van der Waals surface area contributed by atoms with Crippen molar-refractivity contribution in [2.45, 2.75) is 13.3 Å². The predicted molar refractivity (Wildman–Crippen MR) is 74.6 cm³/mol. The van der Waals surface area contributed by atoms with E-state index in [0.29, 0.717) is 11.4 Å². The summed E-state index contributed by atoms with van der Waals surface area (Å²) in [5.41, 5.74) is 2.52. The number of benzene rings is 1. The first-order chi connectivity index (χ1) is 9.22. The predicted octanol–water partition coefficient (Wildman–Crippen LogP) is 2.90. The lowest BCUT2D eigenvalue weighted by Gasteiger charge is -2.06. The highest BCUT2D eigenvalue weighted by Gasteiger charge is 2.06. The van der Waals surface area contributed by atoms with Gasteiger partial charge in [0, 0.05) is 18.0 Å². The first kappa shape index (κ1) is 13.1. The van der Waals surface area contributed by atoms with Crippen LogP contribution >= 0.6 is 0 Å². The molecule has 0 saturated heterocycles. The molecule has 98 valence electrons. The van der Waals surface area contributed by atoms with Gasteiger partial charge in [0.1, 0.15) is 0 Å². The van der Waals surface area contributed by atoms with E-state index in [-0.39, 0.29) is 5.91 Å². The summed E-state index contributed by atoms with van der Waals surface area (Å²) in [4.78, 5) is 16.0. The van der Waals surface area contributed by atoms with Gasteiger partial charge in [-0.25, -0.2) is 4.98 Å². The zero-order valence-electron chi connectivity index (χ0n) is 11.0. The zero-order chi connectivity index (χ0) is 13.7. The maximum absolute atomic E-state index is 12.0. The van der Waals surface area contributed by atoms with Gasteiger partial charge >= 0.3 is 0 Å². The average molecular weight is 256 g/mol. The molecule has 0 atom stereocenters. The summed E-state index contributed by atoms with van der Waals surface area (Å²) in [6, 6.07) is 11.1. The number of aromatic nitrogens is 1. The van der Waals surface area contributed by atoms with Gasteiger partial charge in [-0.15, -0.1) is 0 Å². The lowest BCUT2D eigenvalue weighted by Crippen LogP contribution is -2.12.